The molecular weight excluding hydrogens is 705 g/mol. The SMILES string of the molecule is CC.CC.CC(C)(c1ccc(OCC2CO2)cc1)c1ccc(OCC2CO2)cc1.CC(c1ccc(OCC2CO2)cc1)c1ccc(OCC2CO2)cc1.CCC. The van der Waals surface area contributed by atoms with Crippen molar-refractivity contribution in [3.63, 3.8) is 0 Å². The molecule has 0 N–H and O–H groups in total. The third-order valence-corrected chi connectivity index (χ3v) is 9.27. The number of rotatable bonds is 16. The highest BCUT2D eigenvalue weighted by atomic mass is 16.6. The summed E-state index contributed by atoms with van der Waals surface area (Å²) in [6.07, 6.45) is 2.39. The largest absolute Gasteiger partial charge is 0.491 e. The second-order valence-electron chi connectivity index (χ2n) is 14.3. The molecular formula is C48H66O8. The molecule has 4 heterocycles. The molecule has 4 atom stereocenters. The van der Waals surface area contributed by atoms with Crippen LogP contribution in [0.4, 0.5) is 0 Å². The molecule has 4 fully saturated rings. The van der Waals surface area contributed by atoms with Gasteiger partial charge in [0.15, 0.2) is 0 Å². The summed E-state index contributed by atoms with van der Waals surface area (Å²) in [4.78, 5) is 0. The van der Waals surface area contributed by atoms with Crippen molar-refractivity contribution in [1.29, 1.82) is 0 Å². The van der Waals surface area contributed by atoms with Gasteiger partial charge in [-0.05, 0) is 70.8 Å². The van der Waals surface area contributed by atoms with Crippen LogP contribution in [-0.4, -0.2) is 77.3 Å². The zero-order valence-electron chi connectivity index (χ0n) is 35.3. The first-order valence-corrected chi connectivity index (χ1v) is 20.7. The van der Waals surface area contributed by atoms with E-state index in [9.17, 15) is 0 Å². The normalized spacial score (nSPS) is 19.9. The maximum absolute atomic E-state index is 5.72. The zero-order chi connectivity index (χ0) is 40.3. The molecule has 8 nitrogen and oxygen atoms in total. The summed E-state index contributed by atoms with van der Waals surface area (Å²) in [5.74, 6) is 3.90. The maximum atomic E-state index is 5.72. The Labute approximate surface area is 336 Å². The van der Waals surface area contributed by atoms with Gasteiger partial charge >= 0.3 is 0 Å². The number of hydrogen-bond donors (Lipinski definition) is 0. The monoisotopic (exact) mass is 770 g/mol. The number of epoxide rings is 4. The Morgan fingerprint density at radius 3 is 0.893 bits per heavy atom. The zero-order valence-corrected chi connectivity index (χ0v) is 35.3. The summed E-state index contributed by atoms with van der Waals surface area (Å²) in [5.41, 5.74) is 4.95. The molecule has 0 aliphatic carbocycles. The van der Waals surface area contributed by atoms with E-state index < -0.39 is 0 Å². The summed E-state index contributed by atoms with van der Waals surface area (Å²) in [7, 11) is 0. The molecule has 0 bridgehead atoms. The van der Waals surface area contributed by atoms with Crippen LogP contribution in [-0.2, 0) is 24.4 Å². The van der Waals surface area contributed by atoms with E-state index in [1.807, 2.05) is 76.2 Å². The van der Waals surface area contributed by atoms with E-state index >= 15 is 0 Å². The number of ether oxygens (including phenoxy) is 8. The minimum Gasteiger partial charge on any atom is -0.491 e. The van der Waals surface area contributed by atoms with Crippen molar-refractivity contribution in [3.8, 4) is 23.0 Å². The quantitative estimate of drug-likeness (QED) is 0.104. The summed E-state index contributed by atoms with van der Waals surface area (Å²) in [6.45, 7) is 24.8. The Balaban J connectivity index is 0.000000215. The molecule has 0 aromatic heterocycles. The summed E-state index contributed by atoms with van der Waals surface area (Å²) in [6, 6.07) is 33.3. The number of benzene rings is 4. The van der Waals surface area contributed by atoms with E-state index in [1.54, 1.807) is 0 Å². The third kappa shape index (κ3) is 15.5. The lowest BCUT2D eigenvalue weighted by Gasteiger charge is -2.26. The van der Waals surface area contributed by atoms with Gasteiger partial charge in [-0.2, -0.15) is 0 Å². The van der Waals surface area contributed by atoms with E-state index in [4.69, 9.17) is 37.9 Å². The van der Waals surface area contributed by atoms with Gasteiger partial charge < -0.3 is 37.9 Å². The van der Waals surface area contributed by atoms with E-state index in [-0.39, 0.29) is 29.8 Å². The van der Waals surface area contributed by atoms with Gasteiger partial charge in [-0.25, -0.2) is 0 Å². The molecule has 4 saturated heterocycles. The topological polar surface area (TPSA) is 87.0 Å². The minimum atomic E-state index is -0.0870. The van der Waals surface area contributed by atoms with Crippen LogP contribution in [0.15, 0.2) is 97.1 Å². The van der Waals surface area contributed by atoms with Crippen molar-refractivity contribution in [3.05, 3.63) is 119 Å². The summed E-state index contributed by atoms with van der Waals surface area (Å²) in [5, 5.41) is 0. The molecule has 0 amide bonds. The Bertz CT molecular complexity index is 1500. The fraction of sp³-hybridized carbons (Fsp3) is 0.500. The molecule has 8 rings (SSSR count). The Morgan fingerprint density at radius 2 is 0.679 bits per heavy atom. The van der Waals surface area contributed by atoms with Crippen LogP contribution in [0.1, 0.15) is 96.9 Å². The van der Waals surface area contributed by atoms with Gasteiger partial charge in [-0.1, -0.05) is 117 Å². The van der Waals surface area contributed by atoms with Gasteiger partial charge in [-0.3, -0.25) is 0 Å². The van der Waals surface area contributed by atoms with Crippen LogP contribution < -0.4 is 18.9 Å². The Hall–Kier alpha value is -4.08. The highest BCUT2D eigenvalue weighted by Crippen LogP contribution is 2.34. The lowest BCUT2D eigenvalue weighted by Crippen LogP contribution is -2.18. The van der Waals surface area contributed by atoms with Crippen LogP contribution in [0.3, 0.4) is 0 Å². The molecule has 0 spiro atoms. The van der Waals surface area contributed by atoms with E-state index in [0.29, 0.717) is 32.3 Å². The average molecular weight is 771 g/mol. The summed E-state index contributed by atoms with van der Waals surface area (Å²) < 4.78 is 43.4. The van der Waals surface area contributed by atoms with E-state index in [1.165, 1.54) is 28.7 Å². The van der Waals surface area contributed by atoms with Gasteiger partial charge in [-0.15, -0.1) is 0 Å². The average Bonchev–Trinajstić information content (AvgIpc) is 4.05. The third-order valence-electron chi connectivity index (χ3n) is 9.27. The molecule has 4 aliphatic rings. The summed E-state index contributed by atoms with van der Waals surface area (Å²) >= 11 is 0. The molecule has 8 heteroatoms. The Morgan fingerprint density at radius 1 is 0.464 bits per heavy atom. The van der Waals surface area contributed by atoms with Gasteiger partial charge in [0.25, 0.3) is 0 Å². The van der Waals surface area contributed by atoms with Gasteiger partial charge in [0.05, 0.1) is 26.4 Å². The van der Waals surface area contributed by atoms with Crippen molar-refractivity contribution in [1.82, 2.24) is 0 Å². The molecule has 56 heavy (non-hydrogen) atoms. The second-order valence-corrected chi connectivity index (χ2v) is 14.3. The first kappa shape index (κ1) is 44.6. The fourth-order valence-electron chi connectivity index (χ4n) is 5.41. The van der Waals surface area contributed by atoms with Gasteiger partial charge in [0.2, 0.25) is 0 Å². The van der Waals surface area contributed by atoms with Crippen molar-refractivity contribution < 1.29 is 37.9 Å². The van der Waals surface area contributed by atoms with Crippen LogP contribution in [0, 0.1) is 0 Å². The van der Waals surface area contributed by atoms with Crippen molar-refractivity contribution >= 4 is 0 Å². The smallest absolute Gasteiger partial charge is 0.119 e. The molecule has 0 saturated carbocycles. The molecule has 0 radical (unpaired) electrons. The Kier molecular flexibility index (Phi) is 18.5. The van der Waals surface area contributed by atoms with Crippen LogP contribution in [0.5, 0.6) is 23.0 Å². The second kappa shape index (κ2) is 23.2. The fourth-order valence-corrected chi connectivity index (χ4v) is 5.41. The van der Waals surface area contributed by atoms with Crippen LogP contribution >= 0.6 is 0 Å². The standard InChI is InChI=1S/C21H24O4.C20H22O4.C3H8.2C2H6/c1-21(2,15-3-7-17(8-4-15)22-11-19-13-24-19)16-5-9-18(10-6-16)23-12-20-14-25-20;1-14(15-2-6-17(7-3-15)21-10-19-12-23-19)16-4-8-18(9-5-16)22-11-20-13-24-20;1-3-2;2*1-2/h3-10,19-20H,11-14H2,1-2H3;2-9,14,19-20H,10-13H2,1H3;3H2,1-2H3;2*1-2H3. The molecule has 4 aromatic rings. The van der Waals surface area contributed by atoms with Crippen LogP contribution in [0.25, 0.3) is 0 Å². The van der Waals surface area contributed by atoms with Crippen LogP contribution in [0.2, 0.25) is 0 Å². The van der Waals surface area contributed by atoms with Crippen molar-refractivity contribution in [2.75, 3.05) is 52.9 Å². The predicted octanol–water partition coefficient (Wildman–Crippen LogP) is 10.4. The van der Waals surface area contributed by atoms with E-state index in [0.717, 1.165) is 49.4 Å². The lowest BCUT2D eigenvalue weighted by atomic mass is 9.78. The molecule has 4 unspecified atom stereocenters. The van der Waals surface area contributed by atoms with Gasteiger partial charge in [0, 0.05) is 11.3 Å². The first-order valence-electron chi connectivity index (χ1n) is 20.7. The molecule has 306 valence electrons. The highest BCUT2D eigenvalue weighted by Gasteiger charge is 2.26. The lowest BCUT2D eigenvalue weighted by molar-refractivity contribution is 0.263. The molecule has 4 aromatic carbocycles. The first-order chi connectivity index (χ1) is 27.3. The van der Waals surface area contributed by atoms with Gasteiger partial charge in [0.1, 0.15) is 73.8 Å². The van der Waals surface area contributed by atoms with E-state index in [2.05, 4.69) is 83.1 Å². The van der Waals surface area contributed by atoms with Crippen molar-refractivity contribution in [2.45, 2.75) is 104 Å². The molecule has 4 aliphatic heterocycles. The predicted molar refractivity (Wildman–Crippen MR) is 225 cm³/mol. The number of hydrogen-bond acceptors (Lipinski definition) is 8. The minimum absolute atomic E-state index is 0.0870. The highest BCUT2D eigenvalue weighted by molar-refractivity contribution is 5.42. The maximum Gasteiger partial charge on any atom is 0.119 e. The van der Waals surface area contributed by atoms with Crippen molar-refractivity contribution in [2.24, 2.45) is 0 Å².